The van der Waals surface area contributed by atoms with Crippen LogP contribution in [-0.2, 0) is 0 Å². The number of halogens is 1. The van der Waals surface area contributed by atoms with E-state index in [1.165, 1.54) is 0 Å². The second-order valence-electron chi connectivity index (χ2n) is 4.31. The SMILES string of the molecule is Cc1ccc(C(=O)NC(C)(CO)CO)c(Br)c1. The Morgan fingerprint density at radius 1 is 1.41 bits per heavy atom. The maximum absolute atomic E-state index is 11.9. The van der Waals surface area contributed by atoms with Crippen LogP contribution >= 0.6 is 15.9 Å². The normalized spacial score (nSPS) is 11.4. The molecule has 0 radical (unpaired) electrons. The molecule has 0 fully saturated rings. The van der Waals surface area contributed by atoms with Gasteiger partial charge in [-0.3, -0.25) is 4.79 Å². The van der Waals surface area contributed by atoms with Crippen molar-refractivity contribution in [2.24, 2.45) is 0 Å². The number of aliphatic hydroxyl groups is 2. The van der Waals surface area contributed by atoms with Gasteiger partial charge in [0.2, 0.25) is 0 Å². The van der Waals surface area contributed by atoms with Crippen molar-refractivity contribution in [3.05, 3.63) is 33.8 Å². The predicted molar refractivity (Wildman–Crippen MR) is 68.9 cm³/mol. The molecule has 1 amide bonds. The molecule has 0 aromatic heterocycles. The van der Waals surface area contributed by atoms with Crippen molar-refractivity contribution >= 4 is 21.8 Å². The third-order valence-corrected chi connectivity index (χ3v) is 3.14. The van der Waals surface area contributed by atoms with Gasteiger partial charge >= 0.3 is 0 Å². The lowest BCUT2D eigenvalue weighted by Gasteiger charge is -2.26. The van der Waals surface area contributed by atoms with Crippen LogP contribution in [0.1, 0.15) is 22.8 Å². The standard InChI is InChI=1S/C12H16BrNO3/c1-8-3-4-9(10(13)5-8)11(17)14-12(2,6-15)7-16/h3-5,15-16H,6-7H2,1-2H3,(H,14,17). The molecule has 0 saturated heterocycles. The van der Waals surface area contributed by atoms with E-state index in [4.69, 9.17) is 10.2 Å². The molecular formula is C12H16BrNO3. The van der Waals surface area contributed by atoms with Crippen molar-refractivity contribution in [2.45, 2.75) is 19.4 Å². The van der Waals surface area contributed by atoms with Crippen LogP contribution < -0.4 is 5.32 Å². The van der Waals surface area contributed by atoms with Crippen LogP contribution in [0.3, 0.4) is 0 Å². The van der Waals surface area contributed by atoms with Gasteiger partial charge in [0.1, 0.15) is 0 Å². The average Bonchev–Trinajstić information content (AvgIpc) is 2.28. The summed E-state index contributed by atoms with van der Waals surface area (Å²) in [7, 11) is 0. The van der Waals surface area contributed by atoms with Gasteiger partial charge in [0, 0.05) is 4.47 Å². The van der Waals surface area contributed by atoms with Crippen LogP contribution in [0.5, 0.6) is 0 Å². The number of carbonyl (C=O) groups is 1. The van der Waals surface area contributed by atoms with Crippen molar-refractivity contribution in [3.8, 4) is 0 Å². The minimum Gasteiger partial charge on any atom is -0.394 e. The van der Waals surface area contributed by atoms with E-state index in [0.29, 0.717) is 10.0 Å². The van der Waals surface area contributed by atoms with E-state index in [1.807, 2.05) is 19.1 Å². The first-order valence-electron chi connectivity index (χ1n) is 5.22. The largest absolute Gasteiger partial charge is 0.394 e. The van der Waals surface area contributed by atoms with Crippen molar-refractivity contribution in [1.82, 2.24) is 5.32 Å². The number of nitrogens with one attached hydrogen (secondary N) is 1. The molecule has 0 aliphatic rings. The number of hydrogen-bond acceptors (Lipinski definition) is 3. The van der Waals surface area contributed by atoms with Crippen LogP contribution in [0.4, 0.5) is 0 Å². The number of hydrogen-bond donors (Lipinski definition) is 3. The summed E-state index contributed by atoms with van der Waals surface area (Å²) in [6, 6.07) is 5.36. The summed E-state index contributed by atoms with van der Waals surface area (Å²) < 4.78 is 0.688. The van der Waals surface area contributed by atoms with Crippen molar-refractivity contribution in [1.29, 1.82) is 0 Å². The van der Waals surface area contributed by atoms with Crippen LogP contribution in [0.15, 0.2) is 22.7 Å². The van der Waals surface area contributed by atoms with Crippen LogP contribution in [0, 0.1) is 6.92 Å². The minimum atomic E-state index is -1.01. The summed E-state index contributed by atoms with van der Waals surface area (Å²) in [6.45, 7) is 2.86. The first-order valence-corrected chi connectivity index (χ1v) is 6.01. The lowest BCUT2D eigenvalue weighted by Crippen LogP contribution is -2.51. The Kier molecular flexibility index (Phi) is 4.68. The lowest BCUT2D eigenvalue weighted by molar-refractivity contribution is 0.0723. The van der Waals surface area contributed by atoms with Crippen molar-refractivity contribution in [2.75, 3.05) is 13.2 Å². The van der Waals surface area contributed by atoms with Gasteiger partial charge in [-0.2, -0.15) is 0 Å². The molecule has 1 rings (SSSR count). The third-order valence-electron chi connectivity index (χ3n) is 2.48. The van der Waals surface area contributed by atoms with Gasteiger partial charge in [0.05, 0.1) is 24.3 Å². The highest BCUT2D eigenvalue weighted by Crippen LogP contribution is 2.19. The Bertz CT molecular complexity index is 416. The Labute approximate surface area is 109 Å². The molecular weight excluding hydrogens is 286 g/mol. The van der Waals surface area contributed by atoms with E-state index in [1.54, 1.807) is 13.0 Å². The fraction of sp³-hybridized carbons (Fsp3) is 0.417. The molecule has 0 spiro atoms. The Morgan fingerprint density at radius 2 is 2.00 bits per heavy atom. The van der Waals surface area contributed by atoms with E-state index in [2.05, 4.69) is 21.2 Å². The summed E-state index contributed by atoms with van der Waals surface area (Å²) in [5, 5.41) is 20.8. The van der Waals surface area contributed by atoms with E-state index in [-0.39, 0.29) is 19.1 Å². The van der Waals surface area contributed by atoms with Gasteiger partial charge in [0.15, 0.2) is 0 Å². The fourth-order valence-corrected chi connectivity index (χ4v) is 1.95. The number of aliphatic hydroxyl groups excluding tert-OH is 2. The van der Waals surface area contributed by atoms with Crippen molar-refractivity contribution in [3.63, 3.8) is 0 Å². The summed E-state index contributed by atoms with van der Waals surface area (Å²) in [6.07, 6.45) is 0. The molecule has 1 aromatic carbocycles. The van der Waals surface area contributed by atoms with E-state index >= 15 is 0 Å². The third kappa shape index (κ3) is 3.52. The molecule has 0 atom stereocenters. The highest BCUT2D eigenvalue weighted by Gasteiger charge is 2.25. The summed E-state index contributed by atoms with van der Waals surface area (Å²) in [5.41, 5.74) is 0.505. The highest BCUT2D eigenvalue weighted by molar-refractivity contribution is 9.10. The van der Waals surface area contributed by atoms with E-state index < -0.39 is 5.54 Å². The van der Waals surface area contributed by atoms with Crippen LogP contribution in [0.2, 0.25) is 0 Å². The summed E-state index contributed by atoms with van der Waals surface area (Å²) in [5.74, 6) is -0.331. The Balaban J connectivity index is 2.90. The first-order chi connectivity index (χ1) is 7.91. The lowest BCUT2D eigenvalue weighted by atomic mass is 10.0. The average molecular weight is 302 g/mol. The zero-order valence-electron chi connectivity index (χ0n) is 9.83. The molecule has 0 aliphatic heterocycles. The maximum Gasteiger partial charge on any atom is 0.253 e. The van der Waals surface area contributed by atoms with Gasteiger partial charge in [-0.25, -0.2) is 0 Å². The monoisotopic (exact) mass is 301 g/mol. The molecule has 0 bridgehead atoms. The number of benzene rings is 1. The van der Waals surface area contributed by atoms with Crippen LogP contribution in [-0.4, -0.2) is 34.9 Å². The molecule has 0 heterocycles. The second kappa shape index (κ2) is 5.62. The molecule has 94 valence electrons. The molecule has 1 aromatic rings. The van der Waals surface area contributed by atoms with Crippen LogP contribution in [0.25, 0.3) is 0 Å². The molecule has 0 aliphatic carbocycles. The van der Waals surface area contributed by atoms with E-state index in [9.17, 15) is 4.79 Å². The zero-order valence-corrected chi connectivity index (χ0v) is 11.4. The quantitative estimate of drug-likeness (QED) is 0.783. The molecule has 0 saturated carbocycles. The Morgan fingerprint density at radius 3 is 2.47 bits per heavy atom. The second-order valence-corrected chi connectivity index (χ2v) is 5.17. The minimum absolute atomic E-state index is 0.321. The van der Waals surface area contributed by atoms with Gasteiger partial charge < -0.3 is 15.5 Å². The van der Waals surface area contributed by atoms with Gasteiger partial charge in [-0.15, -0.1) is 0 Å². The number of carbonyl (C=O) groups excluding carboxylic acids is 1. The maximum atomic E-state index is 11.9. The number of aryl methyl sites for hydroxylation is 1. The molecule has 4 nitrogen and oxygen atoms in total. The number of amides is 1. The summed E-state index contributed by atoms with van der Waals surface area (Å²) >= 11 is 3.31. The molecule has 0 unspecified atom stereocenters. The van der Waals surface area contributed by atoms with Crippen molar-refractivity contribution < 1.29 is 15.0 Å². The zero-order chi connectivity index (χ0) is 13.1. The fourth-order valence-electron chi connectivity index (χ4n) is 1.27. The van der Waals surface area contributed by atoms with Gasteiger partial charge in [0.25, 0.3) is 5.91 Å². The predicted octanol–water partition coefficient (Wildman–Crippen LogP) is 1.23. The van der Waals surface area contributed by atoms with Gasteiger partial charge in [-0.1, -0.05) is 6.07 Å². The molecule has 3 N–H and O–H groups in total. The van der Waals surface area contributed by atoms with Gasteiger partial charge in [-0.05, 0) is 47.5 Å². The smallest absolute Gasteiger partial charge is 0.253 e. The number of rotatable bonds is 4. The Hall–Kier alpha value is -0.910. The first kappa shape index (κ1) is 14.2. The topological polar surface area (TPSA) is 69.6 Å². The summed E-state index contributed by atoms with van der Waals surface area (Å²) in [4.78, 5) is 11.9. The highest BCUT2D eigenvalue weighted by atomic mass is 79.9. The molecule has 5 heteroatoms. The molecule has 17 heavy (non-hydrogen) atoms. The van der Waals surface area contributed by atoms with E-state index in [0.717, 1.165) is 5.56 Å².